The van der Waals surface area contributed by atoms with Gasteiger partial charge in [-0.2, -0.15) is 0 Å². The van der Waals surface area contributed by atoms with Gasteiger partial charge in [0, 0.05) is 26.0 Å². The molecule has 1 atom stereocenters. The number of amides is 2. The molecule has 1 aromatic heterocycles. The number of thiazole rings is 1. The quantitative estimate of drug-likeness (QED) is 0.346. The van der Waals surface area contributed by atoms with Crippen LogP contribution in [-0.4, -0.2) is 48.3 Å². The van der Waals surface area contributed by atoms with E-state index in [4.69, 9.17) is 17.2 Å². The van der Waals surface area contributed by atoms with Crippen LogP contribution in [0, 0.1) is 0 Å². The second kappa shape index (κ2) is 8.32. The summed E-state index contributed by atoms with van der Waals surface area (Å²) in [6.07, 6.45) is 2.15. The molecule has 2 amide bonds. The number of aliphatic imine (C=N–C) groups is 1. The Balaban J connectivity index is 2.73. The van der Waals surface area contributed by atoms with Crippen LogP contribution in [0.1, 0.15) is 40.7 Å². The number of hydrogen-bond donors (Lipinski definition) is 3. The molecule has 0 spiro atoms. The molecule has 0 fully saturated rings. The highest BCUT2D eigenvalue weighted by atomic mass is 32.1. The van der Waals surface area contributed by atoms with Crippen LogP contribution in [0.25, 0.3) is 0 Å². The second-order valence-electron chi connectivity index (χ2n) is 5.02. The zero-order valence-electron chi connectivity index (χ0n) is 12.8. The SMILES string of the molecule is CN(C)C(=O)[C@H](CCCCN=C(N)N)c1nc(C(N)=O)cs1. The molecule has 0 bridgehead atoms. The highest BCUT2D eigenvalue weighted by molar-refractivity contribution is 7.10. The highest BCUT2D eigenvalue weighted by Gasteiger charge is 2.25. The van der Waals surface area contributed by atoms with E-state index in [0.717, 1.165) is 12.8 Å². The van der Waals surface area contributed by atoms with Crippen LogP contribution in [0.5, 0.6) is 0 Å². The molecule has 0 aliphatic heterocycles. The molecule has 0 aliphatic rings. The Bertz CT molecular complexity index is 550. The summed E-state index contributed by atoms with van der Waals surface area (Å²) in [5.74, 6) is -0.960. The summed E-state index contributed by atoms with van der Waals surface area (Å²) in [5, 5.41) is 2.18. The van der Waals surface area contributed by atoms with Crippen molar-refractivity contribution >= 4 is 29.1 Å². The maximum atomic E-state index is 12.3. The van der Waals surface area contributed by atoms with Crippen molar-refractivity contribution in [1.82, 2.24) is 9.88 Å². The fraction of sp³-hybridized carbons (Fsp3) is 0.538. The number of carbonyl (C=O) groups is 2. The zero-order chi connectivity index (χ0) is 16.7. The number of nitrogens with zero attached hydrogens (tertiary/aromatic N) is 3. The van der Waals surface area contributed by atoms with Crippen LogP contribution in [0.3, 0.4) is 0 Å². The predicted octanol–water partition coefficient (Wildman–Crippen LogP) is -0.142. The van der Waals surface area contributed by atoms with Gasteiger partial charge in [-0.1, -0.05) is 6.42 Å². The third-order valence-corrected chi connectivity index (χ3v) is 3.97. The van der Waals surface area contributed by atoms with Crippen molar-refractivity contribution in [3.8, 4) is 0 Å². The average molecular weight is 326 g/mol. The van der Waals surface area contributed by atoms with E-state index < -0.39 is 5.91 Å². The van der Waals surface area contributed by atoms with Gasteiger partial charge in [-0.3, -0.25) is 14.6 Å². The number of nitrogens with two attached hydrogens (primary N) is 3. The summed E-state index contributed by atoms with van der Waals surface area (Å²) in [4.78, 5) is 33.0. The lowest BCUT2D eigenvalue weighted by Gasteiger charge is -2.18. The Hall–Kier alpha value is -2.16. The van der Waals surface area contributed by atoms with Crippen LogP contribution >= 0.6 is 11.3 Å². The number of aromatic nitrogens is 1. The van der Waals surface area contributed by atoms with Gasteiger partial charge >= 0.3 is 0 Å². The lowest BCUT2D eigenvalue weighted by atomic mass is 10.0. The number of carbonyl (C=O) groups excluding carboxylic acids is 2. The molecular weight excluding hydrogens is 304 g/mol. The Morgan fingerprint density at radius 1 is 1.32 bits per heavy atom. The fourth-order valence-electron chi connectivity index (χ4n) is 1.89. The molecule has 0 aliphatic carbocycles. The van der Waals surface area contributed by atoms with Crippen LogP contribution in [-0.2, 0) is 4.79 Å². The molecule has 1 aromatic rings. The Morgan fingerprint density at radius 3 is 2.50 bits per heavy atom. The van der Waals surface area contributed by atoms with Crippen LogP contribution in [0.15, 0.2) is 10.4 Å². The van der Waals surface area contributed by atoms with Crippen molar-refractivity contribution < 1.29 is 9.59 Å². The normalized spacial score (nSPS) is 11.7. The van der Waals surface area contributed by atoms with Crippen LogP contribution in [0.4, 0.5) is 0 Å². The first kappa shape index (κ1) is 17.9. The summed E-state index contributed by atoms with van der Waals surface area (Å²) in [5.41, 5.74) is 15.9. The van der Waals surface area contributed by atoms with E-state index >= 15 is 0 Å². The van der Waals surface area contributed by atoms with Crippen LogP contribution < -0.4 is 17.2 Å². The van der Waals surface area contributed by atoms with Gasteiger partial charge in [0.2, 0.25) is 5.91 Å². The summed E-state index contributed by atoms with van der Waals surface area (Å²) >= 11 is 1.27. The third kappa shape index (κ3) is 5.32. The van der Waals surface area contributed by atoms with Gasteiger partial charge in [-0.25, -0.2) is 4.98 Å². The van der Waals surface area contributed by atoms with E-state index in [-0.39, 0.29) is 23.5 Å². The number of hydrogen-bond acceptors (Lipinski definition) is 5. The molecule has 6 N–H and O–H groups in total. The van der Waals surface area contributed by atoms with Crippen molar-refractivity contribution in [2.75, 3.05) is 20.6 Å². The molecular formula is C13H22N6O2S. The smallest absolute Gasteiger partial charge is 0.268 e. The first-order chi connectivity index (χ1) is 10.3. The van der Waals surface area contributed by atoms with Crippen molar-refractivity contribution in [3.05, 3.63) is 16.1 Å². The number of unbranched alkanes of at least 4 members (excludes halogenated alkanes) is 1. The van der Waals surface area contributed by atoms with Gasteiger partial charge in [-0.15, -0.1) is 11.3 Å². The summed E-state index contributed by atoms with van der Waals surface area (Å²) in [6, 6.07) is 0. The molecule has 0 saturated carbocycles. The predicted molar refractivity (Wildman–Crippen MR) is 86.6 cm³/mol. The lowest BCUT2D eigenvalue weighted by Crippen LogP contribution is -2.28. The van der Waals surface area contributed by atoms with E-state index in [0.29, 0.717) is 18.0 Å². The topological polar surface area (TPSA) is 141 Å². The van der Waals surface area contributed by atoms with E-state index in [9.17, 15) is 9.59 Å². The Morgan fingerprint density at radius 2 is 2.00 bits per heavy atom. The minimum atomic E-state index is -0.591. The molecule has 8 nitrogen and oxygen atoms in total. The monoisotopic (exact) mass is 326 g/mol. The van der Waals surface area contributed by atoms with E-state index in [1.54, 1.807) is 19.5 Å². The van der Waals surface area contributed by atoms with Gasteiger partial charge in [0.25, 0.3) is 5.91 Å². The standard InChI is InChI=1S/C13H22N6O2S/c1-19(2)12(21)8(5-3-4-6-17-13(15)16)11-18-9(7-22-11)10(14)20/h7-8H,3-6H2,1-2H3,(H2,14,20)(H4,15,16,17)/t8-/m1/s1. The van der Waals surface area contributed by atoms with E-state index in [1.165, 1.54) is 16.2 Å². The largest absolute Gasteiger partial charge is 0.370 e. The summed E-state index contributed by atoms with van der Waals surface area (Å²) in [7, 11) is 3.38. The van der Waals surface area contributed by atoms with Gasteiger partial charge in [0.05, 0.1) is 5.92 Å². The second-order valence-corrected chi connectivity index (χ2v) is 5.91. The molecule has 9 heteroatoms. The molecule has 0 saturated heterocycles. The molecule has 122 valence electrons. The summed E-state index contributed by atoms with van der Waals surface area (Å²) < 4.78 is 0. The Kier molecular flexibility index (Phi) is 6.77. The van der Waals surface area contributed by atoms with Crippen molar-refractivity contribution in [1.29, 1.82) is 0 Å². The fourth-order valence-corrected chi connectivity index (χ4v) is 2.83. The van der Waals surface area contributed by atoms with Gasteiger partial charge in [0.1, 0.15) is 10.7 Å². The highest BCUT2D eigenvalue weighted by Crippen LogP contribution is 2.27. The van der Waals surface area contributed by atoms with E-state index in [2.05, 4.69) is 9.98 Å². The van der Waals surface area contributed by atoms with Crippen LogP contribution in [0.2, 0.25) is 0 Å². The average Bonchev–Trinajstić information content (AvgIpc) is 2.91. The molecule has 0 unspecified atom stereocenters. The van der Waals surface area contributed by atoms with Crippen molar-refractivity contribution in [2.24, 2.45) is 22.2 Å². The van der Waals surface area contributed by atoms with Crippen molar-refractivity contribution in [2.45, 2.75) is 25.2 Å². The first-order valence-electron chi connectivity index (χ1n) is 6.84. The summed E-state index contributed by atoms with van der Waals surface area (Å²) in [6.45, 7) is 0.523. The Labute approximate surface area is 133 Å². The first-order valence-corrected chi connectivity index (χ1v) is 7.72. The van der Waals surface area contributed by atoms with Gasteiger partial charge < -0.3 is 22.1 Å². The number of guanidine groups is 1. The number of likely N-dealkylation sites (N-methyl/N-ethyl adjacent to an activating group) is 1. The molecule has 0 radical (unpaired) electrons. The molecule has 1 heterocycles. The molecule has 22 heavy (non-hydrogen) atoms. The van der Waals surface area contributed by atoms with E-state index in [1.807, 2.05) is 0 Å². The number of primary amides is 1. The van der Waals surface area contributed by atoms with Crippen molar-refractivity contribution in [3.63, 3.8) is 0 Å². The zero-order valence-corrected chi connectivity index (χ0v) is 13.6. The maximum absolute atomic E-state index is 12.3. The number of rotatable bonds is 8. The van der Waals surface area contributed by atoms with Gasteiger partial charge in [-0.05, 0) is 12.8 Å². The maximum Gasteiger partial charge on any atom is 0.268 e. The molecule has 0 aromatic carbocycles. The minimum absolute atomic E-state index is 0.0489. The third-order valence-electron chi connectivity index (χ3n) is 3.01. The lowest BCUT2D eigenvalue weighted by molar-refractivity contribution is -0.130. The van der Waals surface area contributed by atoms with Gasteiger partial charge in [0.15, 0.2) is 5.96 Å². The molecule has 1 rings (SSSR count). The minimum Gasteiger partial charge on any atom is -0.370 e.